The van der Waals surface area contributed by atoms with Gasteiger partial charge in [0.2, 0.25) is 0 Å². The van der Waals surface area contributed by atoms with Gasteiger partial charge in [-0.05, 0) is 13.0 Å². The van der Waals surface area contributed by atoms with Crippen LogP contribution >= 0.6 is 23.2 Å². The Kier molecular flexibility index (Phi) is 5.81. The zero-order chi connectivity index (χ0) is 13.7. The summed E-state index contributed by atoms with van der Waals surface area (Å²) in [5, 5.41) is 19.9. The van der Waals surface area contributed by atoms with Crippen LogP contribution in [0.2, 0.25) is 10.2 Å². The lowest BCUT2D eigenvalue weighted by atomic mass is 10.0. The van der Waals surface area contributed by atoms with Gasteiger partial charge in [-0.25, -0.2) is 4.98 Å². The van der Waals surface area contributed by atoms with Crippen LogP contribution < -0.4 is 0 Å². The molecule has 18 heavy (non-hydrogen) atoms. The number of hydrogen-bond donors (Lipinski definition) is 2. The van der Waals surface area contributed by atoms with E-state index in [1.54, 1.807) is 6.92 Å². The third kappa shape index (κ3) is 4.10. The number of carbonyl (C=O) groups is 1. The first-order chi connectivity index (χ1) is 8.45. The molecule has 0 aliphatic heterocycles. The van der Waals surface area contributed by atoms with Gasteiger partial charge in [0.1, 0.15) is 11.3 Å². The number of pyridine rings is 1. The second-order valence-electron chi connectivity index (χ2n) is 3.55. The molecule has 0 saturated heterocycles. The van der Waals surface area contributed by atoms with Gasteiger partial charge in [-0.15, -0.1) is 0 Å². The van der Waals surface area contributed by atoms with Crippen LogP contribution in [0.25, 0.3) is 0 Å². The largest absolute Gasteiger partial charge is 0.466 e. The summed E-state index contributed by atoms with van der Waals surface area (Å²) in [6, 6.07) is 1.38. The number of carbonyl (C=O) groups excluding carboxylic acids is 1. The van der Waals surface area contributed by atoms with Crippen molar-refractivity contribution in [2.45, 2.75) is 25.6 Å². The monoisotopic (exact) mass is 293 g/mol. The molecular formula is C11H13Cl2NO4. The molecule has 0 aliphatic rings. The quantitative estimate of drug-likeness (QED) is 0.638. The highest BCUT2D eigenvalue weighted by Gasteiger charge is 2.24. The van der Waals surface area contributed by atoms with Gasteiger partial charge in [-0.3, -0.25) is 4.79 Å². The van der Waals surface area contributed by atoms with Gasteiger partial charge in [0.05, 0.1) is 24.2 Å². The predicted octanol–water partition coefficient (Wildman–Crippen LogP) is 1.74. The van der Waals surface area contributed by atoms with E-state index in [0.717, 1.165) is 0 Å². The standard InChI is InChI=1S/C11H13Cl2NO4/c1-2-18-9(16)4-8(15)10(17)7-3-6(12)5-14-11(7)13/h3,5,8,10,15,17H,2,4H2,1H3. The molecule has 0 amide bonds. The lowest BCUT2D eigenvalue weighted by Crippen LogP contribution is -2.23. The van der Waals surface area contributed by atoms with E-state index in [-0.39, 0.29) is 28.8 Å². The van der Waals surface area contributed by atoms with E-state index in [0.29, 0.717) is 0 Å². The molecule has 0 aliphatic carbocycles. The Balaban J connectivity index is 2.76. The molecule has 2 atom stereocenters. The Hall–Kier alpha value is -0.880. The summed E-state index contributed by atoms with van der Waals surface area (Å²) in [6.07, 6.45) is -1.70. The van der Waals surface area contributed by atoms with Gasteiger partial charge in [-0.2, -0.15) is 0 Å². The van der Waals surface area contributed by atoms with Crippen molar-refractivity contribution in [2.24, 2.45) is 0 Å². The zero-order valence-electron chi connectivity index (χ0n) is 9.64. The topological polar surface area (TPSA) is 79.7 Å². The minimum Gasteiger partial charge on any atom is -0.466 e. The lowest BCUT2D eigenvalue weighted by Gasteiger charge is -2.18. The van der Waals surface area contributed by atoms with Crippen molar-refractivity contribution in [3.8, 4) is 0 Å². The maximum Gasteiger partial charge on any atom is 0.308 e. The van der Waals surface area contributed by atoms with Crippen molar-refractivity contribution in [1.82, 2.24) is 4.98 Å². The fourth-order valence-corrected chi connectivity index (χ4v) is 1.74. The molecule has 2 unspecified atom stereocenters. The number of halogens is 2. The summed E-state index contributed by atoms with van der Waals surface area (Å²) in [4.78, 5) is 14.9. The molecule has 0 saturated carbocycles. The second-order valence-corrected chi connectivity index (χ2v) is 4.35. The van der Waals surface area contributed by atoms with Crippen molar-refractivity contribution in [3.05, 3.63) is 28.0 Å². The highest BCUT2D eigenvalue weighted by molar-refractivity contribution is 6.32. The van der Waals surface area contributed by atoms with Crippen LogP contribution in [0.5, 0.6) is 0 Å². The first kappa shape index (κ1) is 15.2. The Morgan fingerprint density at radius 2 is 2.17 bits per heavy atom. The molecule has 0 fully saturated rings. The van der Waals surface area contributed by atoms with Crippen LogP contribution in [-0.4, -0.2) is 33.9 Å². The number of aliphatic hydroxyl groups is 2. The highest BCUT2D eigenvalue weighted by Crippen LogP contribution is 2.27. The molecule has 1 heterocycles. The van der Waals surface area contributed by atoms with E-state index in [9.17, 15) is 15.0 Å². The first-order valence-corrected chi connectivity index (χ1v) is 6.04. The maximum absolute atomic E-state index is 11.2. The molecule has 0 aromatic carbocycles. The molecule has 100 valence electrons. The van der Waals surface area contributed by atoms with Gasteiger partial charge in [0, 0.05) is 11.8 Å². The number of ether oxygens (including phenoxy) is 1. The molecule has 5 nitrogen and oxygen atoms in total. The van der Waals surface area contributed by atoms with E-state index < -0.39 is 18.2 Å². The third-order valence-electron chi connectivity index (χ3n) is 2.20. The zero-order valence-corrected chi connectivity index (χ0v) is 11.1. The molecule has 7 heteroatoms. The van der Waals surface area contributed by atoms with Crippen molar-refractivity contribution >= 4 is 29.2 Å². The number of aromatic nitrogens is 1. The summed E-state index contributed by atoms with van der Waals surface area (Å²) >= 11 is 11.5. The molecule has 1 rings (SSSR count). The van der Waals surface area contributed by atoms with E-state index in [1.807, 2.05) is 0 Å². The fraction of sp³-hybridized carbons (Fsp3) is 0.455. The minimum absolute atomic E-state index is 0.0230. The average Bonchev–Trinajstić information content (AvgIpc) is 2.31. The second kappa shape index (κ2) is 6.89. The average molecular weight is 294 g/mol. The van der Waals surface area contributed by atoms with Gasteiger partial charge < -0.3 is 14.9 Å². The number of hydrogen-bond acceptors (Lipinski definition) is 5. The predicted molar refractivity (Wildman–Crippen MR) is 66.5 cm³/mol. The van der Waals surface area contributed by atoms with Crippen molar-refractivity contribution < 1.29 is 19.7 Å². The van der Waals surface area contributed by atoms with E-state index in [1.165, 1.54) is 12.3 Å². The van der Waals surface area contributed by atoms with E-state index in [4.69, 9.17) is 23.2 Å². The van der Waals surface area contributed by atoms with Gasteiger partial charge in [0.15, 0.2) is 0 Å². The van der Waals surface area contributed by atoms with Crippen LogP contribution in [0.1, 0.15) is 25.0 Å². The molecule has 0 radical (unpaired) electrons. The van der Waals surface area contributed by atoms with Crippen LogP contribution in [0, 0.1) is 0 Å². The van der Waals surface area contributed by atoms with Crippen LogP contribution in [0.15, 0.2) is 12.3 Å². The fourth-order valence-electron chi connectivity index (χ4n) is 1.36. The summed E-state index contributed by atoms with van der Waals surface area (Å²) in [7, 11) is 0. The number of esters is 1. The van der Waals surface area contributed by atoms with Crippen LogP contribution in [-0.2, 0) is 9.53 Å². The molecule has 2 N–H and O–H groups in total. The van der Waals surface area contributed by atoms with E-state index >= 15 is 0 Å². The van der Waals surface area contributed by atoms with Crippen LogP contribution in [0.3, 0.4) is 0 Å². The number of rotatable bonds is 5. The smallest absolute Gasteiger partial charge is 0.308 e. The number of nitrogens with zero attached hydrogens (tertiary/aromatic N) is 1. The number of aliphatic hydroxyl groups excluding tert-OH is 2. The molecule has 0 bridgehead atoms. The summed E-state index contributed by atoms with van der Waals surface area (Å²) in [5.41, 5.74) is 0.168. The lowest BCUT2D eigenvalue weighted by molar-refractivity contribution is -0.147. The molecular weight excluding hydrogens is 281 g/mol. The van der Waals surface area contributed by atoms with Gasteiger partial charge in [0.25, 0.3) is 0 Å². The SMILES string of the molecule is CCOC(=O)CC(O)C(O)c1cc(Cl)cnc1Cl. The Morgan fingerprint density at radius 3 is 2.78 bits per heavy atom. The third-order valence-corrected chi connectivity index (χ3v) is 2.72. The minimum atomic E-state index is -1.35. The Bertz CT molecular complexity index is 428. The summed E-state index contributed by atoms with van der Waals surface area (Å²) in [5.74, 6) is -0.602. The molecule has 1 aromatic rings. The maximum atomic E-state index is 11.2. The first-order valence-electron chi connectivity index (χ1n) is 5.28. The highest BCUT2D eigenvalue weighted by atomic mass is 35.5. The summed E-state index contributed by atoms with van der Waals surface area (Å²) in [6.45, 7) is 1.86. The normalized spacial score (nSPS) is 14.1. The van der Waals surface area contributed by atoms with Crippen LogP contribution in [0.4, 0.5) is 0 Å². The van der Waals surface area contributed by atoms with E-state index in [2.05, 4.69) is 9.72 Å². The van der Waals surface area contributed by atoms with Gasteiger partial charge >= 0.3 is 5.97 Å². The summed E-state index contributed by atoms with van der Waals surface area (Å²) < 4.78 is 4.67. The molecule has 1 aromatic heterocycles. The van der Waals surface area contributed by atoms with Gasteiger partial charge in [-0.1, -0.05) is 23.2 Å². The van der Waals surface area contributed by atoms with Crippen molar-refractivity contribution in [2.75, 3.05) is 6.61 Å². The van der Waals surface area contributed by atoms with Crippen molar-refractivity contribution in [3.63, 3.8) is 0 Å². The Labute approximate surface area is 114 Å². The molecule has 0 spiro atoms. The Morgan fingerprint density at radius 1 is 1.50 bits per heavy atom. The van der Waals surface area contributed by atoms with Crippen molar-refractivity contribution in [1.29, 1.82) is 0 Å².